The van der Waals surface area contributed by atoms with Crippen LogP contribution >= 0.6 is 11.3 Å². The van der Waals surface area contributed by atoms with Gasteiger partial charge in [-0.05, 0) is 35.9 Å². The number of carbonyl (C=O) groups is 1. The van der Waals surface area contributed by atoms with E-state index in [4.69, 9.17) is 4.52 Å². The second-order valence-corrected chi connectivity index (χ2v) is 7.40. The minimum Gasteiger partial charge on any atom is -0.371 e. The number of aryl methyl sites for hydroxylation is 1. The smallest absolute Gasteiger partial charge is 0.227 e. The number of hydrogen-bond acceptors (Lipinski definition) is 6. The van der Waals surface area contributed by atoms with Crippen molar-refractivity contribution in [3.63, 3.8) is 0 Å². The van der Waals surface area contributed by atoms with Crippen molar-refractivity contribution < 1.29 is 9.32 Å². The molecular formula is C20H22N4O2S. The van der Waals surface area contributed by atoms with Gasteiger partial charge in [-0.15, -0.1) is 0 Å². The first-order valence-electron chi connectivity index (χ1n) is 9.24. The van der Waals surface area contributed by atoms with Crippen LogP contribution in [0, 0.1) is 0 Å². The highest BCUT2D eigenvalue weighted by Gasteiger charge is 2.16. The molecule has 3 aromatic rings. The number of para-hydroxylation sites is 1. The minimum absolute atomic E-state index is 0.0125. The van der Waals surface area contributed by atoms with Gasteiger partial charge in [0.2, 0.25) is 17.6 Å². The normalized spacial score (nSPS) is 13.9. The zero-order valence-electron chi connectivity index (χ0n) is 15.1. The number of thiophene rings is 1. The number of hydrogen-bond donors (Lipinski definition) is 1. The standard InChI is InChI=1S/C20H22N4O2S/c25-18(7-8-19-22-20(23-26-19)16-9-12-27-14-16)21-13-15-5-1-2-6-17(15)24-10-3-4-11-24/h1-2,5-6,9,12,14H,3-4,7-8,10-11,13H2,(H,21,25). The highest BCUT2D eigenvalue weighted by atomic mass is 32.1. The molecule has 0 unspecified atom stereocenters. The quantitative estimate of drug-likeness (QED) is 0.675. The van der Waals surface area contributed by atoms with Crippen LogP contribution in [-0.2, 0) is 17.8 Å². The van der Waals surface area contributed by atoms with Crippen molar-refractivity contribution in [2.24, 2.45) is 0 Å². The Morgan fingerprint density at radius 1 is 1.22 bits per heavy atom. The second kappa shape index (κ2) is 8.35. The Bertz CT molecular complexity index is 885. The van der Waals surface area contributed by atoms with Gasteiger partial charge >= 0.3 is 0 Å². The van der Waals surface area contributed by atoms with Crippen molar-refractivity contribution in [2.45, 2.75) is 32.2 Å². The van der Waals surface area contributed by atoms with E-state index in [0.29, 0.717) is 31.1 Å². The summed E-state index contributed by atoms with van der Waals surface area (Å²) in [5.74, 6) is 1.05. The van der Waals surface area contributed by atoms with E-state index in [9.17, 15) is 4.79 Å². The molecule has 1 amide bonds. The van der Waals surface area contributed by atoms with Crippen molar-refractivity contribution in [1.29, 1.82) is 0 Å². The van der Waals surface area contributed by atoms with E-state index in [1.165, 1.54) is 18.5 Å². The van der Waals surface area contributed by atoms with Gasteiger partial charge in [0.15, 0.2) is 0 Å². The number of anilines is 1. The molecule has 0 bridgehead atoms. The van der Waals surface area contributed by atoms with Crippen LogP contribution in [-0.4, -0.2) is 29.1 Å². The number of benzene rings is 1. The van der Waals surface area contributed by atoms with Crippen LogP contribution in [0.2, 0.25) is 0 Å². The van der Waals surface area contributed by atoms with Crippen LogP contribution in [0.15, 0.2) is 45.6 Å². The van der Waals surface area contributed by atoms with Crippen molar-refractivity contribution >= 4 is 22.9 Å². The summed E-state index contributed by atoms with van der Waals surface area (Å²) in [6.07, 6.45) is 3.24. The number of carbonyl (C=O) groups excluding carboxylic acids is 1. The van der Waals surface area contributed by atoms with Gasteiger partial charge in [-0.2, -0.15) is 16.3 Å². The van der Waals surface area contributed by atoms with E-state index in [-0.39, 0.29) is 5.91 Å². The topological polar surface area (TPSA) is 71.3 Å². The summed E-state index contributed by atoms with van der Waals surface area (Å²) < 4.78 is 5.25. The van der Waals surface area contributed by atoms with Crippen molar-refractivity contribution in [3.8, 4) is 11.4 Å². The monoisotopic (exact) mass is 382 g/mol. The average Bonchev–Trinajstić information content (AvgIpc) is 3.46. The molecule has 1 aromatic carbocycles. The molecule has 0 saturated carbocycles. The van der Waals surface area contributed by atoms with Gasteiger partial charge in [0.05, 0.1) is 0 Å². The average molecular weight is 382 g/mol. The number of nitrogens with zero attached hydrogens (tertiary/aromatic N) is 3. The SMILES string of the molecule is O=C(CCc1nc(-c2ccsc2)no1)NCc1ccccc1N1CCCC1. The maximum atomic E-state index is 12.2. The van der Waals surface area contributed by atoms with Crippen LogP contribution in [0.1, 0.15) is 30.7 Å². The molecular weight excluding hydrogens is 360 g/mol. The fourth-order valence-electron chi connectivity index (χ4n) is 3.29. The van der Waals surface area contributed by atoms with Gasteiger partial charge in [-0.25, -0.2) is 0 Å². The second-order valence-electron chi connectivity index (χ2n) is 6.62. The largest absolute Gasteiger partial charge is 0.371 e. The first-order chi connectivity index (χ1) is 13.3. The zero-order valence-corrected chi connectivity index (χ0v) is 15.9. The van der Waals surface area contributed by atoms with Gasteiger partial charge in [0.1, 0.15) is 0 Å². The van der Waals surface area contributed by atoms with E-state index < -0.39 is 0 Å². The third-order valence-corrected chi connectivity index (χ3v) is 5.41. The van der Waals surface area contributed by atoms with Gasteiger partial charge in [-0.3, -0.25) is 4.79 Å². The molecule has 1 fully saturated rings. The molecule has 1 aliphatic heterocycles. The van der Waals surface area contributed by atoms with Crippen LogP contribution in [0.4, 0.5) is 5.69 Å². The maximum absolute atomic E-state index is 12.2. The van der Waals surface area contributed by atoms with E-state index in [1.54, 1.807) is 11.3 Å². The molecule has 27 heavy (non-hydrogen) atoms. The number of amides is 1. The molecule has 140 valence electrons. The molecule has 0 radical (unpaired) electrons. The summed E-state index contributed by atoms with van der Waals surface area (Å²) in [6.45, 7) is 2.72. The maximum Gasteiger partial charge on any atom is 0.227 e. The van der Waals surface area contributed by atoms with E-state index in [0.717, 1.165) is 24.2 Å². The fourth-order valence-corrected chi connectivity index (χ4v) is 3.93. The molecule has 1 aliphatic rings. The summed E-state index contributed by atoms with van der Waals surface area (Å²) >= 11 is 1.59. The molecule has 4 rings (SSSR count). The van der Waals surface area contributed by atoms with Crippen LogP contribution in [0.5, 0.6) is 0 Å². The van der Waals surface area contributed by atoms with E-state index in [1.807, 2.05) is 22.9 Å². The molecule has 7 heteroatoms. The highest BCUT2D eigenvalue weighted by Crippen LogP contribution is 2.24. The first kappa shape index (κ1) is 17.7. The van der Waals surface area contributed by atoms with Crippen LogP contribution in [0.3, 0.4) is 0 Å². The first-order valence-corrected chi connectivity index (χ1v) is 10.2. The lowest BCUT2D eigenvalue weighted by molar-refractivity contribution is -0.121. The third kappa shape index (κ3) is 4.36. The summed E-state index contributed by atoms with van der Waals surface area (Å²) in [5, 5.41) is 10.9. The number of aromatic nitrogens is 2. The Balaban J connectivity index is 1.29. The van der Waals surface area contributed by atoms with Gasteiger partial charge < -0.3 is 14.7 Å². The predicted octanol–water partition coefficient (Wildman–Crippen LogP) is 3.65. The third-order valence-electron chi connectivity index (χ3n) is 4.73. The minimum atomic E-state index is -0.0125. The van der Waals surface area contributed by atoms with Gasteiger partial charge in [-0.1, -0.05) is 23.4 Å². The molecule has 3 heterocycles. The van der Waals surface area contributed by atoms with Gasteiger partial charge in [0.25, 0.3) is 0 Å². The summed E-state index contributed by atoms with van der Waals surface area (Å²) in [7, 11) is 0. The van der Waals surface area contributed by atoms with Crippen molar-refractivity contribution in [2.75, 3.05) is 18.0 Å². The Morgan fingerprint density at radius 2 is 2.07 bits per heavy atom. The molecule has 0 aliphatic carbocycles. The molecule has 1 saturated heterocycles. The lowest BCUT2D eigenvalue weighted by Gasteiger charge is -2.21. The molecule has 6 nitrogen and oxygen atoms in total. The summed E-state index contributed by atoms with van der Waals surface area (Å²) in [4.78, 5) is 19.0. The molecule has 0 spiro atoms. The summed E-state index contributed by atoms with van der Waals surface area (Å²) in [5.41, 5.74) is 3.33. The predicted molar refractivity (Wildman–Crippen MR) is 106 cm³/mol. The van der Waals surface area contributed by atoms with Crippen LogP contribution in [0.25, 0.3) is 11.4 Å². The lowest BCUT2D eigenvalue weighted by atomic mass is 10.1. The Morgan fingerprint density at radius 3 is 2.89 bits per heavy atom. The Labute approximate surface area is 162 Å². The number of nitrogens with one attached hydrogen (secondary N) is 1. The van der Waals surface area contributed by atoms with Crippen molar-refractivity contribution in [3.05, 3.63) is 52.5 Å². The van der Waals surface area contributed by atoms with Crippen LogP contribution < -0.4 is 10.2 Å². The number of rotatable bonds is 7. The van der Waals surface area contributed by atoms with Gasteiger partial charge in [0, 0.05) is 49.1 Å². The highest BCUT2D eigenvalue weighted by molar-refractivity contribution is 7.08. The van der Waals surface area contributed by atoms with Crippen molar-refractivity contribution in [1.82, 2.24) is 15.5 Å². The lowest BCUT2D eigenvalue weighted by Crippen LogP contribution is -2.25. The molecule has 0 atom stereocenters. The molecule has 1 N–H and O–H groups in total. The Kier molecular flexibility index (Phi) is 5.48. The summed E-state index contributed by atoms with van der Waals surface area (Å²) in [6, 6.07) is 10.2. The Hall–Kier alpha value is -2.67. The molecule has 2 aromatic heterocycles. The van der Waals surface area contributed by atoms with E-state index >= 15 is 0 Å². The zero-order chi connectivity index (χ0) is 18.5. The fraction of sp³-hybridized carbons (Fsp3) is 0.350. The van der Waals surface area contributed by atoms with E-state index in [2.05, 4.69) is 38.6 Å².